The van der Waals surface area contributed by atoms with E-state index >= 15 is 0 Å². The summed E-state index contributed by atoms with van der Waals surface area (Å²) in [6, 6.07) is 6.15. The minimum Gasteiger partial charge on any atom is -0.480 e. The van der Waals surface area contributed by atoms with E-state index in [-0.39, 0.29) is 30.3 Å². The molecule has 2 fully saturated rings. The number of rotatable bonds is 4. The number of ether oxygens (including phenoxy) is 1. The largest absolute Gasteiger partial charge is 0.480 e. The number of amides is 1. The van der Waals surface area contributed by atoms with Crippen LogP contribution in [0.3, 0.4) is 0 Å². The number of hydrogen-bond acceptors (Lipinski definition) is 3. The van der Waals surface area contributed by atoms with Gasteiger partial charge in [-0.2, -0.15) is 0 Å². The first-order chi connectivity index (χ1) is 11.6. The molecule has 1 saturated heterocycles. The van der Waals surface area contributed by atoms with E-state index in [1.54, 1.807) is 4.90 Å². The molecule has 3 atom stereocenters. The van der Waals surface area contributed by atoms with Gasteiger partial charge in [0, 0.05) is 29.6 Å². The van der Waals surface area contributed by atoms with E-state index in [1.807, 2.05) is 12.1 Å². The van der Waals surface area contributed by atoms with Crippen LogP contribution in [0.1, 0.15) is 29.9 Å². The third-order valence-electron chi connectivity index (χ3n) is 5.63. The van der Waals surface area contributed by atoms with Gasteiger partial charge < -0.3 is 14.7 Å². The van der Waals surface area contributed by atoms with Crippen molar-refractivity contribution in [2.45, 2.75) is 31.2 Å². The fraction of sp³-hybridized carbons (Fsp3) is 0.556. The number of nitrogens with zero attached hydrogens (tertiary/aromatic N) is 1. The van der Waals surface area contributed by atoms with E-state index in [1.165, 1.54) is 11.1 Å². The third kappa shape index (κ3) is 2.65. The molecule has 1 aromatic rings. The Kier molecular flexibility index (Phi) is 4.12. The lowest BCUT2D eigenvalue weighted by Gasteiger charge is -2.33. The zero-order valence-corrected chi connectivity index (χ0v) is 14.9. The molecule has 1 N–H and O–H groups in total. The maximum atomic E-state index is 13.1. The number of carbonyl (C=O) groups excluding carboxylic acids is 1. The summed E-state index contributed by atoms with van der Waals surface area (Å²) in [4.78, 5) is 25.9. The van der Waals surface area contributed by atoms with Crippen LogP contribution >= 0.6 is 15.9 Å². The first-order valence-electron chi connectivity index (χ1n) is 8.45. The lowest BCUT2D eigenvalue weighted by Crippen LogP contribution is -2.47. The summed E-state index contributed by atoms with van der Waals surface area (Å²) < 4.78 is 6.47. The number of aliphatic carboxylic acids is 1. The monoisotopic (exact) mass is 393 g/mol. The standard InChI is InChI=1S/C18H20BrNO4/c19-14-3-1-2-11-12(14)8-13-16(11)17(13)18(23)20(9-15(21)22)10-4-6-24-7-5-10/h1-3,10,13,16-17H,4-9H2,(H,21,22). The second-order valence-electron chi connectivity index (χ2n) is 6.93. The average Bonchev–Trinajstić information content (AvgIpc) is 3.16. The molecular weight excluding hydrogens is 374 g/mol. The Morgan fingerprint density at radius 2 is 2.04 bits per heavy atom. The van der Waals surface area contributed by atoms with Gasteiger partial charge in [0.1, 0.15) is 6.54 Å². The van der Waals surface area contributed by atoms with Crippen molar-refractivity contribution in [1.29, 1.82) is 0 Å². The number of benzene rings is 1. The normalized spacial score (nSPS) is 28.1. The molecule has 1 aliphatic heterocycles. The molecule has 1 heterocycles. The van der Waals surface area contributed by atoms with Crippen molar-refractivity contribution in [2.75, 3.05) is 19.8 Å². The Labute approximate surface area is 149 Å². The Bertz CT molecular complexity index is 686. The minimum atomic E-state index is -0.941. The number of halogens is 1. The van der Waals surface area contributed by atoms with E-state index in [9.17, 15) is 14.7 Å². The molecule has 0 aromatic heterocycles. The lowest BCUT2D eigenvalue weighted by molar-refractivity contribution is -0.148. The zero-order chi connectivity index (χ0) is 16.8. The molecule has 0 spiro atoms. The van der Waals surface area contributed by atoms with Gasteiger partial charge in [-0.05, 0) is 48.3 Å². The van der Waals surface area contributed by atoms with E-state index in [0.717, 1.165) is 23.7 Å². The number of carboxylic acids is 1. The van der Waals surface area contributed by atoms with Crippen LogP contribution < -0.4 is 0 Å². The summed E-state index contributed by atoms with van der Waals surface area (Å²) >= 11 is 3.59. The van der Waals surface area contributed by atoms with Gasteiger partial charge in [-0.1, -0.05) is 28.1 Å². The molecule has 1 amide bonds. The van der Waals surface area contributed by atoms with Gasteiger partial charge in [-0.15, -0.1) is 0 Å². The van der Waals surface area contributed by atoms with Crippen LogP contribution in [0.25, 0.3) is 0 Å². The smallest absolute Gasteiger partial charge is 0.323 e. The fourth-order valence-corrected chi connectivity index (χ4v) is 4.99. The summed E-state index contributed by atoms with van der Waals surface area (Å²) in [5.74, 6) is -0.369. The van der Waals surface area contributed by atoms with Gasteiger partial charge in [0.25, 0.3) is 0 Å². The van der Waals surface area contributed by atoms with Gasteiger partial charge in [0.15, 0.2) is 0 Å². The third-order valence-corrected chi connectivity index (χ3v) is 6.37. The van der Waals surface area contributed by atoms with Crippen molar-refractivity contribution >= 4 is 27.8 Å². The van der Waals surface area contributed by atoms with Crippen molar-refractivity contribution in [3.8, 4) is 0 Å². The van der Waals surface area contributed by atoms with Crippen LogP contribution in [0, 0.1) is 11.8 Å². The number of carboxylic acid groups (broad SMARTS) is 1. The summed E-state index contributed by atoms with van der Waals surface area (Å²) in [7, 11) is 0. The molecular formula is C18H20BrNO4. The highest BCUT2D eigenvalue weighted by Crippen LogP contribution is 2.63. The van der Waals surface area contributed by atoms with Crippen molar-refractivity contribution in [2.24, 2.45) is 11.8 Å². The molecule has 4 rings (SSSR count). The molecule has 1 aromatic carbocycles. The van der Waals surface area contributed by atoms with Crippen LogP contribution in [-0.4, -0.2) is 47.7 Å². The van der Waals surface area contributed by atoms with Crippen LogP contribution in [-0.2, 0) is 20.7 Å². The molecule has 128 valence electrons. The topological polar surface area (TPSA) is 66.8 Å². The summed E-state index contributed by atoms with van der Waals surface area (Å²) in [6.07, 6.45) is 2.36. The zero-order valence-electron chi connectivity index (χ0n) is 13.3. The highest BCUT2D eigenvalue weighted by molar-refractivity contribution is 9.10. The molecule has 1 saturated carbocycles. The molecule has 5 nitrogen and oxygen atoms in total. The van der Waals surface area contributed by atoms with Crippen molar-refractivity contribution in [3.63, 3.8) is 0 Å². The molecule has 0 bridgehead atoms. The second-order valence-corrected chi connectivity index (χ2v) is 7.78. The number of fused-ring (bicyclic) bond motifs is 3. The Morgan fingerprint density at radius 3 is 2.75 bits per heavy atom. The van der Waals surface area contributed by atoms with Crippen molar-refractivity contribution in [3.05, 3.63) is 33.8 Å². The average molecular weight is 394 g/mol. The van der Waals surface area contributed by atoms with Gasteiger partial charge in [0.2, 0.25) is 5.91 Å². The first-order valence-corrected chi connectivity index (χ1v) is 9.24. The maximum Gasteiger partial charge on any atom is 0.323 e. The van der Waals surface area contributed by atoms with E-state index in [4.69, 9.17) is 4.74 Å². The van der Waals surface area contributed by atoms with Crippen molar-refractivity contribution < 1.29 is 19.4 Å². The van der Waals surface area contributed by atoms with Gasteiger partial charge in [0.05, 0.1) is 0 Å². The van der Waals surface area contributed by atoms with E-state index in [0.29, 0.717) is 19.1 Å². The van der Waals surface area contributed by atoms with E-state index < -0.39 is 5.97 Å². The van der Waals surface area contributed by atoms with Crippen molar-refractivity contribution in [1.82, 2.24) is 4.90 Å². The molecule has 0 radical (unpaired) electrons. The quantitative estimate of drug-likeness (QED) is 0.852. The number of carbonyl (C=O) groups is 2. The molecule has 2 aliphatic carbocycles. The highest BCUT2D eigenvalue weighted by atomic mass is 79.9. The summed E-state index contributed by atoms with van der Waals surface area (Å²) in [5, 5.41) is 9.23. The van der Waals surface area contributed by atoms with Gasteiger partial charge >= 0.3 is 5.97 Å². The predicted molar refractivity (Wildman–Crippen MR) is 90.8 cm³/mol. The van der Waals surface area contributed by atoms with Crippen LogP contribution in [0.15, 0.2) is 22.7 Å². The Hall–Kier alpha value is -1.40. The highest BCUT2D eigenvalue weighted by Gasteiger charge is 2.60. The van der Waals surface area contributed by atoms with Crippen LogP contribution in [0.2, 0.25) is 0 Å². The lowest BCUT2D eigenvalue weighted by atomic mass is 10.00. The van der Waals surface area contributed by atoms with Crippen LogP contribution in [0.5, 0.6) is 0 Å². The van der Waals surface area contributed by atoms with Gasteiger partial charge in [-0.3, -0.25) is 9.59 Å². The van der Waals surface area contributed by atoms with Gasteiger partial charge in [-0.25, -0.2) is 0 Å². The summed E-state index contributed by atoms with van der Waals surface area (Å²) in [5.41, 5.74) is 2.57. The molecule has 3 unspecified atom stereocenters. The minimum absolute atomic E-state index is 0.00865. The van der Waals surface area contributed by atoms with Crippen LogP contribution in [0.4, 0.5) is 0 Å². The molecule has 24 heavy (non-hydrogen) atoms. The summed E-state index contributed by atoms with van der Waals surface area (Å²) in [6.45, 7) is 0.994. The maximum absolute atomic E-state index is 13.1. The van der Waals surface area contributed by atoms with E-state index in [2.05, 4.69) is 22.0 Å². The fourth-order valence-electron chi connectivity index (χ4n) is 4.45. The Balaban J connectivity index is 1.53. The molecule has 3 aliphatic rings. The molecule has 6 heteroatoms. The Morgan fingerprint density at radius 1 is 1.29 bits per heavy atom. The predicted octanol–water partition coefficient (Wildman–Crippen LogP) is 2.43. The number of hydrogen-bond donors (Lipinski definition) is 1. The SMILES string of the molecule is O=C(O)CN(C(=O)C1C2Cc3c(Br)cccc3C21)C1CCOCC1. The first kappa shape index (κ1) is 16.1. The second kappa shape index (κ2) is 6.15.